The Bertz CT molecular complexity index is 269. The van der Waals surface area contributed by atoms with Crippen LogP contribution < -0.4 is 0 Å². The molecule has 183 valence electrons. The number of rotatable bonds is 0. The SMILES string of the molecule is C1CC[N-]CC1.C1CC[N-]CC1.C1CC[N-]CC1.C1CC[N-]CC1.N#C[S-].N#C[S-].[Mn]. The number of nitrogens with zero attached hydrogens (tertiary/aromatic N) is 6. The van der Waals surface area contributed by atoms with Crippen LogP contribution in [0.25, 0.3) is 21.3 Å². The first-order valence-corrected chi connectivity index (χ1v) is 12.2. The molecule has 0 amide bonds. The van der Waals surface area contributed by atoms with E-state index in [9.17, 15) is 0 Å². The van der Waals surface area contributed by atoms with Gasteiger partial charge in [-0.1, -0.05) is 87.9 Å². The van der Waals surface area contributed by atoms with E-state index in [1.165, 1.54) is 87.9 Å². The van der Waals surface area contributed by atoms with E-state index in [0.717, 1.165) is 52.4 Å². The molecule has 4 fully saturated rings. The Morgan fingerprint density at radius 1 is 0.387 bits per heavy atom. The molecule has 0 N–H and O–H groups in total. The van der Waals surface area contributed by atoms with Crippen LogP contribution in [0.1, 0.15) is 77.0 Å². The molecule has 1 radical (unpaired) electrons. The smallest absolute Gasteiger partial charge is 0 e. The molecule has 0 saturated carbocycles. The molecular formula is C22H40MnN6S2-6. The maximum atomic E-state index is 7.13. The molecular weight excluding hydrogens is 467 g/mol. The van der Waals surface area contributed by atoms with E-state index < -0.39 is 0 Å². The monoisotopic (exact) mass is 507 g/mol. The molecule has 0 aromatic heterocycles. The quantitative estimate of drug-likeness (QED) is 0.221. The third-order valence-electron chi connectivity index (χ3n) is 4.53. The molecule has 0 unspecified atom stereocenters. The summed E-state index contributed by atoms with van der Waals surface area (Å²) in [6, 6.07) is 0. The van der Waals surface area contributed by atoms with Gasteiger partial charge in [0, 0.05) is 17.1 Å². The van der Waals surface area contributed by atoms with Crippen LogP contribution in [0.4, 0.5) is 0 Å². The van der Waals surface area contributed by atoms with Crippen molar-refractivity contribution in [3.8, 4) is 10.8 Å². The number of thiocyanates is 2. The van der Waals surface area contributed by atoms with Gasteiger partial charge in [0.15, 0.2) is 0 Å². The second-order valence-electron chi connectivity index (χ2n) is 7.11. The summed E-state index contributed by atoms with van der Waals surface area (Å²) in [5.41, 5.74) is 0. The molecule has 0 bridgehead atoms. The van der Waals surface area contributed by atoms with E-state index in [-0.39, 0.29) is 17.1 Å². The van der Waals surface area contributed by atoms with Crippen LogP contribution in [-0.4, -0.2) is 52.4 Å². The normalized spacial score (nSPS) is 19.0. The minimum Gasteiger partial charge on any atom is -0.696 e. The van der Waals surface area contributed by atoms with Crippen molar-refractivity contribution in [1.29, 1.82) is 10.5 Å². The van der Waals surface area contributed by atoms with Crippen LogP contribution >= 0.6 is 0 Å². The average Bonchev–Trinajstić information content (AvgIpc) is 2.86. The largest absolute Gasteiger partial charge is 0.696 e. The number of nitriles is 2. The van der Waals surface area contributed by atoms with Crippen molar-refractivity contribution < 1.29 is 17.1 Å². The number of hydrogen-bond acceptors (Lipinski definition) is 4. The van der Waals surface area contributed by atoms with Crippen molar-refractivity contribution >= 4 is 25.3 Å². The Morgan fingerprint density at radius 2 is 0.516 bits per heavy atom. The number of hydrogen-bond donors (Lipinski definition) is 0. The van der Waals surface area contributed by atoms with E-state index >= 15 is 0 Å². The summed E-state index contributed by atoms with van der Waals surface area (Å²) in [4.78, 5) is 0. The van der Waals surface area contributed by atoms with Crippen molar-refractivity contribution in [1.82, 2.24) is 0 Å². The molecule has 0 aromatic carbocycles. The Labute approximate surface area is 213 Å². The molecule has 4 heterocycles. The fraction of sp³-hybridized carbons (Fsp3) is 0.909. The standard InChI is InChI=1S/4C5H10N.2CHNS.Mn/c4*1-2-4-6-5-3-1;2*2-1-3;/h4*1-5H2;2*3H;/q4*-1;;;/p-2. The number of piperidine rings is 4. The van der Waals surface area contributed by atoms with Crippen molar-refractivity contribution in [2.75, 3.05) is 52.4 Å². The topological polar surface area (TPSA) is 104 Å². The first-order chi connectivity index (χ1) is 14.8. The Kier molecular flexibility index (Phi) is 42.3. The summed E-state index contributed by atoms with van der Waals surface area (Å²) in [7, 11) is 0. The molecule has 31 heavy (non-hydrogen) atoms. The molecule has 4 aliphatic heterocycles. The summed E-state index contributed by atoms with van der Waals surface area (Å²) in [6.45, 7) is 9.00. The fourth-order valence-corrected chi connectivity index (χ4v) is 2.94. The van der Waals surface area contributed by atoms with Gasteiger partial charge in [0.05, 0.1) is 0 Å². The zero-order valence-electron chi connectivity index (χ0n) is 19.0. The van der Waals surface area contributed by atoms with Gasteiger partial charge in [0.1, 0.15) is 0 Å². The van der Waals surface area contributed by atoms with Gasteiger partial charge >= 0.3 is 0 Å². The summed E-state index contributed by atoms with van der Waals surface area (Å²) in [6.07, 6.45) is 16.3. The van der Waals surface area contributed by atoms with Gasteiger partial charge in [-0.05, 0) is 0 Å². The minimum atomic E-state index is 0. The van der Waals surface area contributed by atoms with E-state index in [1.54, 1.807) is 0 Å². The van der Waals surface area contributed by atoms with Gasteiger partial charge in [0.25, 0.3) is 0 Å². The molecule has 6 nitrogen and oxygen atoms in total. The van der Waals surface area contributed by atoms with Crippen LogP contribution in [0.5, 0.6) is 0 Å². The molecule has 0 atom stereocenters. The van der Waals surface area contributed by atoms with E-state index in [2.05, 4.69) is 46.5 Å². The minimum absolute atomic E-state index is 0. The molecule has 0 aliphatic carbocycles. The predicted molar refractivity (Wildman–Crippen MR) is 134 cm³/mol. The first-order valence-electron chi connectivity index (χ1n) is 11.4. The third-order valence-corrected chi connectivity index (χ3v) is 4.53. The van der Waals surface area contributed by atoms with Crippen LogP contribution in [0.3, 0.4) is 0 Å². The van der Waals surface area contributed by atoms with Crippen molar-refractivity contribution in [2.24, 2.45) is 0 Å². The summed E-state index contributed by atoms with van der Waals surface area (Å²) < 4.78 is 0. The Balaban J connectivity index is -0.000000309. The van der Waals surface area contributed by atoms with Gasteiger partial charge in [-0.25, -0.2) is 10.5 Å². The second-order valence-corrected chi connectivity index (χ2v) is 7.47. The van der Waals surface area contributed by atoms with Gasteiger partial charge in [0.2, 0.25) is 0 Å². The summed E-state index contributed by atoms with van der Waals surface area (Å²) >= 11 is 7.40. The van der Waals surface area contributed by atoms with Crippen LogP contribution in [-0.2, 0) is 42.3 Å². The molecule has 4 aliphatic rings. The molecule has 0 aromatic rings. The second kappa shape index (κ2) is 37.1. The zero-order chi connectivity index (χ0) is 22.4. The van der Waals surface area contributed by atoms with Gasteiger partial charge < -0.3 is 46.5 Å². The summed E-state index contributed by atoms with van der Waals surface area (Å²) in [5.74, 6) is 0. The summed E-state index contributed by atoms with van der Waals surface area (Å²) in [5, 5.41) is 33.6. The molecule has 9 heteroatoms. The van der Waals surface area contributed by atoms with Gasteiger partial charge in [-0.2, -0.15) is 0 Å². The van der Waals surface area contributed by atoms with Crippen molar-refractivity contribution in [3.63, 3.8) is 0 Å². The maximum Gasteiger partial charge on any atom is 0 e. The Morgan fingerprint density at radius 3 is 0.548 bits per heavy atom. The average molecular weight is 508 g/mol. The molecule has 0 spiro atoms. The van der Waals surface area contributed by atoms with Gasteiger partial charge in [-0.3, -0.25) is 0 Å². The Hall–Kier alpha value is -0.221. The molecule has 4 saturated heterocycles. The fourth-order valence-electron chi connectivity index (χ4n) is 2.94. The van der Waals surface area contributed by atoms with Gasteiger partial charge in [-0.15, -0.1) is 52.4 Å². The third kappa shape index (κ3) is 40.6. The van der Waals surface area contributed by atoms with E-state index in [0.29, 0.717) is 0 Å². The van der Waals surface area contributed by atoms with Crippen LogP contribution in [0, 0.1) is 21.3 Å². The zero-order valence-corrected chi connectivity index (χ0v) is 21.8. The van der Waals surface area contributed by atoms with Crippen LogP contribution in [0.2, 0.25) is 0 Å². The van der Waals surface area contributed by atoms with Crippen molar-refractivity contribution in [3.05, 3.63) is 21.3 Å². The first kappa shape index (κ1) is 35.4. The van der Waals surface area contributed by atoms with Crippen LogP contribution in [0.15, 0.2) is 0 Å². The van der Waals surface area contributed by atoms with E-state index in [1.807, 2.05) is 0 Å². The maximum absolute atomic E-state index is 7.13. The van der Waals surface area contributed by atoms with Crippen molar-refractivity contribution in [2.45, 2.75) is 77.0 Å². The van der Waals surface area contributed by atoms with E-state index in [4.69, 9.17) is 10.5 Å². The predicted octanol–water partition coefficient (Wildman–Crippen LogP) is 6.20. The molecule has 4 rings (SSSR count).